The predicted octanol–water partition coefficient (Wildman–Crippen LogP) is 1.52. The Labute approximate surface area is 150 Å². The Morgan fingerprint density at radius 2 is 1.85 bits per heavy atom. The monoisotopic (exact) mass is 362 g/mol. The smallest absolute Gasteiger partial charge is 0.325 e. The minimum atomic E-state index is -1.38. The number of non-ortho nitro benzene ring substituents is 1. The number of hydrogen-bond acceptors (Lipinski definition) is 5. The first-order chi connectivity index (χ1) is 12.1. The van der Waals surface area contributed by atoms with E-state index in [2.05, 4.69) is 10.6 Å². The Bertz CT molecular complexity index is 746. The van der Waals surface area contributed by atoms with Gasteiger partial charge in [-0.2, -0.15) is 0 Å². The summed E-state index contributed by atoms with van der Waals surface area (Å²) in [6.45, 7) is 6.86. The highest BCUT2D eigenvalue weighted by Crippen LogP contribution is 2.29. The Morgan fingerprint density at radius 1 is 1.27 bits per heavy atom. The fraction of sp³-hybridized carbons (Fsp3) is 0.471. The molecule has 9 nitrogen and oxygen atoms in total. The third-order valence-electron chi connectivity index (χ3n) is 4.62. The number of amides is 4. The van der Waals surface area contributed by atoms with Gasteiger partial charge in [0.1, 0.15) is 12.1 Å². The number of nitrogens with one attached hydrogen (secondary N) is 2. The van der Waals surface area contributed by atoms with Gasteiger partial charge < -0.3 is 10.6 Å². The number of hydrogen-bond donors (Lipinski definition) is 2. The molecule has 2 N–H and O–H groups in total. The molecule has 2 rings (SSSR count). The summed E-state index contributed by atoms with van der Waals surface area (Å²) in [7, 11) is 0. The van der Waals surface area contributed by atoms with Crippen LogP contribution in [0.4, 0.5) is 10.5 Å². The summed E-state index contributed by atoms with van der Waals surface area (Å²) < 4.78 is 0. The van der Waals surface area contributed by atoms with E-state index in [1.807, 2.05) is 20.8 Å². The van der Waals surface area contributed by atoms with Gasteiger partial charge in [-0.25, -0.2) is 4.79 Å². The largest absolute Gasteiger partial charge is 0.352 e. The molecule has 0 radical (unpaired) electrons. The van der Waals surface area contributed by atoms with Crippen molar-refractivity contribution < 1.29 is 19.3 Å². The van der Waals surface area contributed by atoms with Gasteiger partial charge in [-0.1, -0.05) is 13.8 Å². The summed E-state index contributed by atoms with van der Waals surface area (Å²) in [6, 6.07) is 4.59. The van der Waals surface area contributed by atoms with Crippen LogP contribution in [0.15, 0.2) is 24.3 Å². The fourth-order valence-corrected chi connectivity index (χ4v) is 2.56. The summed E-state index contributed by atoms with van der Waals surface area (Å²) in [5.74, 6) is -0.793. The van der Waals surface area contributed by atoms with E-state index in [1.54, 1.807) is 0 Å². The molecule has 0 saturated carbocycles. The van der Waals surface area contributed by atoms with Crippen LogP contribution < -0.4 is 10.6 Å². The zero-order valence-corrected chi connectivity index (χ0v) is 15.1. The lowest BCUT2D eigenvalue weighted by atomic mass is 9.92. The van der Waals surface area contributed by atoms with Crippen molar-refractivity contribution in [3.63, 3.8) is 0 Å². The van der Waals surface area contributed by atoms with Crippen molar-refractivity contribution >= 4 is 23.5 Å². The third kappa shape index (κ3) is 3.66. The zero-order chi connectivity index (χ0) is 19.6. The van der Waals surface area contributed by atoms with Gasteiger partial charge in [0.2, 0.25) is 5.91 Å². The van der Waals surface area contributed by atoms with E-state index in [-0.39, 0.29) is 24.2 Å². The lowest BCUT2D eigenvalue weighted by Crippen LogP contribution is -2.46. The number of nitro groups is 1. The first-order valence-electron chi connectivity index (χ1n) is 8.24. The molecule has 1 heterocycles. The Hall–Kier alpha value is -2.97. The number of carbonyl (C=O) groups excluding carboxylic acids is 3. The maximum atomic E-state index is 12.7. The molecule has 1 saturated heterocycles. The van der Waals surface area contributed by atoms with Crippen molar-refractivity contribution in [2.75, 3.05) is 6.54 Å². The van der Waals surface area contributed by atoms with Crippen molar-refractivity contribution in [3.05, 3.63) is 39.9 Å². The van der Waals surface area contributed by atoms with Crippen LogP contribution in [0.3, 0.4) is 0 Å². The van der Waals surface area contributed by atoms with E-state index < -0.39 is 28.3 Å². The van der Waals surface area contributed by atoms with E-state index in [9.17, 15) is 24.5 Å². The first kappa shape index (κ1) is 19.4. The fourth-order valence-electron chi connectivity index (χ4n) is 2.56. The van der Waals surface area contributed by atoms with Crippen molar-refractivity contribution in [3.8, 4) is 0 Å². The molecule has 1 aromatic rings. The third-order valence-corrected chi connectivity index (χ3v) is 4.62. The van der Waals surface area contributed by atoms with Crippen molar-refractivity contribution in [1.82, 2.24) is 15.5 Å². The maximum absolute atomic E-state index is 12.7. The SMILES string of the molecule is CC(C)[C@@H](C)NC(=O)CN1C(=O)N[C@@](C)(c2ccc([N+](=O)[O-])cc2)C1=O. The minimum Gasteiger partial charge on any atom is -0.352 e. The molecule has 4 amide bonds. The number of imide groups is 1. The van der Waals surface area contributed by atoms with Crippen molar-refractivity contribution in [2.24, 2.45) is 5.92 Å². The topological polar surface area (TPSA) is 122 Å². The highest BCUT2D eigenvalue weighted by Gasteiger charge is 2.49. The minimum absolute atomic E-state index is 0.0932. The van der Waals surface area contributed by atoms with Crippen molar-refractivity contribution in [2.45, 2.75) is 39.3 Å². The van der Waals surface area contributed by atoms with Gasteiger partial charge in [0, 0.05) is 18.2 Å². The number of rotatable bonds is 6. The average molecular weight is 362 g/mol. The summed E-state index contributed by atoms with van der Waals surface area (Å²) in [5, 5.41) is 16.1. The van der Waals surface area contributed by atoms with Crippen LogP contribution in [0, 0.1) is 16.0 Å². The molecule has 0 spiro atoms. The summed E-state index contributed by atoms with van der Waals surface area (Å²) >= 11 is 0. The highest BCUT2D eigenvalue weighted by molar-refractivity contribution is 6.09. The second-order valence-electron chi connectivity index (χ2n) is 6.85. The van der Waals surface area contributed by atoms with Crippen LogP contribution in [0.1, 0.15) is 33.3 Å². The number of nitro benzene ring substituents is 1. The number of nitrogens with zero attached hydrogens (tertiary/aromatic N) is 2. The van der Waals surface area contributed by atoms with Crippen LogP contribution in [0.5, 0.6) is 0 Å². The molecule has 0 aliphatic carbocycles. The van der Waals surface area contributed by atoms with Crippen LogP contribution in [0.25, 0.3) is 0 Å². The van der Waals surface area contributed by atoms with Gasteiger partial charge >= 0.3 is 6.03 Å². The average Bonchev–Trinajstić information content (AvgIpc) is 2.79. The molecule has 26 heavy (non-hydrogen) atoms. The summed E-state index contributed by atoms with van der Waals surface area (Å²) in [5.41, 5.74) is -1.09. The van der Waals surface area contributed by atoms with Crippen LogP contribution >= 0.6 is 0 Å². The second kappa shape index (κ2) is 7.11. The first-order valence-corrected chi connectivity index (χ1v) is 8.24. The Kier molecular flexibility index (Phi) is 5.29. The van der Waals surface area contributed by atoms with Crippen LogP contribution in [0.2, 0.25) is 0 Å². The van der Waals surface area contributed by atoms with E-state index >= 15 is 0 Å². The second-order valence-corrected chi connectivity index (χ2v) is 6.85. The molecule has 0 unspecified atom stereocenters. The van der Waals surface area contributed by atoms with Gasteiger partial charge in [-0.15, -0.1) is 0 Å². The van der Waals surface area contributed by atoms with Gasteiger partial charge in [0.25, 0.3) is 11.6 Å². The molecule has 2 atom stereocenters. The highest BCUT2D eigenvalue weighted by atomic mass is 16.6. The quantitative estimate of drug-likeness (QED) is 0.451. The molecular formula is C17H22N4O5. The van der Waals surface area contributed by atoms with E-state index in [0.29, 0.717) is 5.56 Å². The van der Waals surface area contributed by atoms with Gasteiger partial charge in [-0.3, -0.25) is 24.6 Å². The molecular weight excluding hydrogens is 340 g/mol. The molecule has 1 aromatic carbocycles. The van der Waals surface area contributed by atoms with E-state index in [4.69, 9.17) is 0 Å². The molecule has 0 bridgehead atoms. The van der Waals surface area contributed by atoms with Gasteiger partial charge in [0.15, 0.2) is 0 Å². The molecule has 9 heteroatoms. The number of benzene rings is 1. The molecule has 1 fully saturated rings. The van der Waals surface area contributed by atoms with Gasteiger partial charge in [-0.05, 0) is 37.5 Å². The number of carbonyl (C=O) groups is 3. The van der Waals surface area contributed by atoms with Crippen LogP contribution in [-0.2, 0) is 15.1 Å². The molecule has 1 aliphatic rings. The van der Waals surface area contributed by atoms with E-state index in [1.165, 1.54) is 31.2 Å². The lowest BCUT2D eigenvalue weighted by Gasteiger charge is -2.22. The Balaban J connectivity index is 2.16. The molecule has 0 aromatic heterocycles. The van der Waals surface area contributed by atoms with Crippen LogP contribution in [-0.4, -0.2) is 40.3 Å². The standard InChI is InChI=1S/C17H22N4O5/c1-10(2)11(3)18-14(22)9-20-15(23)17(4,19-16(20)24)12-5-7-13(8-6-12)21(25)26/h5-8,10-11H,9H2,1-4H3,(H,18,22)(H,19,24)/t11-,17+/m1/s1. The predicted molar refractivity (Wildman–Crippen MR) is 93.1 cm³/mol. The van der Waals surface area contributed by atoms with E-state index in [0.717, 1.165) is 4.90 Å². The van der Waals surface area contributed by atoms with Gasteiger partial charge in [0.05, 0.1) is 4.92 Å². The Morgan fingerprint density at radius 3 is 2.35 bits per heavy atom. The normalized spacial score (nSPS) is 20.9. The molecule has 140 valence electrons. The number of urea groups is 1. The summed E-state index contributed by atoms with van der Waals surface area (Å²) in [6.07, 6.45) is 0. The lowest BCUT2D eigenvalue weighted by molar-refractivity contribution is -0.384. The van der Waals surface area contributed by atoms with Crippen molar-refractivity contribution in [1.29, 1.82) is 0 Å². The maximum Gasteiger partial charge on any atom is 0.325 e. The summed E-state index contributed by atoms with van der Waals surface area (Å²) in [4.78, 5) is 48.1. The molecule has 1 aliphatic heterocycles. The zero-order valence-electron chi connectivity index (χ0n) is 15.1.